The molecule has 34 heavy (non-hydrogen) atoms. The molecule has 3 aromatic heterocycles. The van der Waals surface area contributed by atoms with Gasteiger partial charge >= 0.3 is 0 Å². The zero-order valence-corrected chi connectivity index (χ0v) is 19.8. The highest BCUT2D eigenvalue weighted by atomic mass is 16.5. The molecule has 0 bridgehead atoms. The average molecular weight is 460 g/mol. The Morgan fingerprint density at radius 3 is 2.68 bits per heavy atom. The number of benzene rings is 1. The van der Waals surface area contributed by atoms with Gasteiger partial charge in [0.1, 0.15) is 17.2 Å². The maximum absolute atomic E-state index is 11.3. The van der Waals surface area contributed by atoms with Gasteiger partial charge in [0.2, 0.25) is 6.41 Å². The molecular formula is C25H29N7O2. The van der Waals surface area contributed by atoms with Crippen LogP contribution < -0.4 is 20.3 Å². The molecule has 0 fully saturated rings. The number of methoxy groups -OCH3 is 1. The van der Waals surface area contributed by atoms with Gasteiger partial charge in [-0.3, -0.25) is 9.20 Å². The number of nitrogens with one attached hydrogen (secondary N) is 2. The molecular weight excluding hydrogens is 430 g/mol. The van der Waals surface area contributed by atoms with E-state index in [1.807, 2.05) is 80.4 Å². The van der Waals surface area contributed by atoms with Crippen molar-refractivity contribution in [1.29, 1.82) is 0 Å². The number of aromatic nitrogens is 3. The Bertz CT molecular complexity index is 1290. The molecule has 1 aromatic carbocycles. The van der Waals surface area contributed by atoms with Crippen molar-refractivity contribution < 1.29 is 9.53 Å². The fraction of sp³-hybridized carbons (Fsp3) is 0.240. The van der Waals surface area contributed by atoms with Crippen LogP contribution >= 0.6 is 0 Å². The number of carbonyl (C=O) groups is 1. The second-order valence-corrected chi connectivity index (χ2v) is 8.18. The number of likely N-dealkylation sites (N-methyl/N-ethyl adjacent to an activating group) is 2. The third-order valence-corrected chi connectivity index (χ3v) is 5.56. The molecule has 0 aliphatic rings. The number of pyridine rings is 2. The summed E-state index contributed by atoms with van der Waals surface area (Å²) < 4.78 is 7.70. The maximum Gasteiger partial charge on any atom is 0.211 e. The van der Waals surface area contributed by atoms with Crippen molar-refractivity contribution >= 4 is 34.9 Å². The summed E-state index contributed by atoms with van der Waals surface area (Å²) in [6.07, 6.45) is 6.26. The molecule has 0 saturated carbocycles. The Labute approximate surface area is 199 Å². The molecule has 176 valence electrons. The lowest BCUT2D eigenvalue weighted by Crippen LogP contribution is -2.29. The van der Waals surface area contributed by atoms with E-state index in [0.29, 0.717) is 29.4 Å². The minimum Gasteiger partial charge on any atom is -0.494 e. The molecule has 0 saturated heterocycles. The van der Waals surface area contributed by atoms with Crippen LogP contribution in [0.1, 0.15) is 0 Å². The second kappa shape index (κ2) is 10.2. The van der Waals surface area contributed by atoms with Crippen molar-refractivity contribution in [2.24, 2.45) is 0 Å². The van der Waals surface area contributed by atoms with E-state index in [9.17, 15) is 4.79 Å². The summed E-state index contributed by atoms with van der Waals surface area (Å²) in [7, 11) is 7.67. The van der Waals surface area contributed by atoms with Crippen LogP contribution in [0.4, 0.5) is 22.9 Å². The van der Waals surface area contributed by atoms with Gasteiger partial charge in [-0.2, -0.15) is 0 Å². The summed E-state index contributed by atoms with van der Waals surface area (Å²) in [6, 6.07) is 13.6. The van der Waals surface area contributed by atoms with E-state index in [0.717, 1.165) is 35.7 Å². The van der Waals surface area contributed by atoms with Gasteiger partial charge in [-0.1, -0.05) is 6.07 Å². The smallest absolute Gasteiger partial charge is 0.211 e. The predicted octanol–water partition coefficient (Wildman–Crippen LogP) is 3.71. The average Bonchev–Trinajstić information content (AvgIpc) is 3.27. The lowest BCUT2D eigenvalue weighted by atomic mass is 10.1. The highest BCUT2D eigenvalue weighted by molar-refractivity contribution is 5.87. The van der Waals surface area contributed by atoms with Crippen LogP contribution in [0.2, 0.25) is 0 Å². The number of nitrogens with zero attached hydrogens (tertiary/aromatic N) is 5. The topological polar surface area (TPSA) is 87.0 Å². The highest BCUT2D eigenvalue weighted by Crippen LogP contribution is 2.38. The number of rotatable bonds is 10. The van der Waals surface area contributed by atoms with Crippen molar-refractivity contribution in [2.75, 3.05) is 56.9 Å². The number of amides is 1. The quantitative estimate of drug-likeness (QED) is 0.350. The molecule has 4 rings (SSSR count). The maximum atomic E-state index is 11.3. The number of ether oxygens (including phenoxy) is 1. The van der Waals surface area contributed by atoms with Crippen molar-refractivity contribution in [3.8, 4) is 17.0 Å². The number of fused-ring (bicyclic) bond motifs is 1. The molecule has 3 heterocycles. The monoisotopic (exact) mass is 459 g/mol. The molecule has 9 nitrogen and oxygen atoms in total. The van der Waals surface area contributed by atoms with Crippen molar-refractivity contribution in [1.82, 2.24) is 19.3 Å². The van der Waals surface area contributed by atoms with Crippen LogP contribution in [0.3, 0.4) is 0 Å². The first-order valence-electron chi connectivity index (χ1n) is 10.9. The summed E-state index contributed by atoms with van der Waals surface area (Å²) in [5.41, 5.74) is 5.06. The number of anilines is 4. The Morgan fingerprint density at radius 1 is 1.06 bits per heavy atom. The van der Waals surface area contributed by atoms with Crippen LogP contribution in [0, 0.1) is 0 Å². The van der Waals surface area contributed by atoms with Crippen LogP contribution in [0.25, 0.3) is 16.9 Å². The molecule has 0 aliphatic carbocycles. The molecule has 2 N–H and O–H groups in total. The first-order valence-corrected chi connectivity index (χ1v) is 10.9. The van der Waals surface area contributed by atoms with Gasteiger partial charge in [0, 0.05) is 44.2 Å². The standard InChI is InChI=1S/C25H29N7O2/c1-30(2)11-12-31(3)21-15-23(34-4)20(14-19(21)28-17-33)29-24-13-18(8-9-26-24)22-16-27-25-7-5-6-10-32(22)25/h5-10,13-17H,11-12H2,1-4H3,(H,26,29)(H,28,33). The van der Waals surface area contributed by atoms with E-state index in [1.165, 1.54) is 0 Å². The third kappa shape index (κ3) is 4.94. The van der Waals surface area contributed by atoms with Crippen molar-refractivity contribution in [3.05, 3.63) is 61.1 Å². The fourth-order valence-corrected chi connectivity index (χ4v) is 3.74. The first-order chi connectivity index (χ1) is 16.5. The Kier molecular flexibility index (Phi) is 6.93. The fourth-order valence-electron chi connectivity index (χ4n) is 3.74. The van der Waals surface area contributed by atoms with Crippen LogP contribution in [-0.2, 0) is 4.79 Å². The van der Waals surface area contributed by atoms with E-state index in [-0.39, 0.29) is 0 Å². The van der Waals surface area contributed by atoms with Crippen molar-refractivity contribution in [3.63, 3.8) is 0 Å². The molecule has 9 heteroatoms. The molecule has 1 amide bonds. The summed E-state index contributed by atoms with van der Waals surface area (Å²) in [4.78, 5) is 24.5. The van der Waals surface area contributed by atoms with E-state index in [1.54, 1.807) is 13.3 Å². The zero-order chi connectivity index (χ0) is 24.1. The number of hydrogen-bond acceptors (Lipinski definition) is 7. The minimum atomic E-state index is 0.644. The SMILES string of the molecule is COc1cc(N(C)CCN(C)C)c(NC=O)cc1Nc1cc(-c2cnc3ccccn23)ccn1. The molecule has 0 radical (unpaired) electrons. The van der Waals surface area contributed by atoms with Gasteiger partial charge in [0.05, 0.1) is 36.1 Å². The van der Waals surface area contributed by atoms with E-state index in [2.05, 4.69) is 30.4 Å². The Balaban J connectivity index is 1.66. The van der Waals surface area contributed by atoms with E-state index in [4.69, 9.17) is 4.74 Å². The summed E-state index contributed by atoms with van der Waals surface area (Å²) in [6.45, 7) is 1.67. The lowest BCUT2D eigenvalue weighted by Gasteiger charge is -2.25. The Hall–Kier alpha value is -4.11. The van der Waals surface area contributed by atoms with Crippen LogP contribution in [-0.4, -0.2) is 67.0 Å². The number of hydrogen-bond donors (Lipinski definition) is 2. The van der Waals surface area contributed by atoms with Crippen LogP contribution in [0.5, 0.6) is 5.75 Å². The predicted molar refractivity (Wildman–Crippen MR) is 136 cm³/mol. The largest absolute Gasteiger partial charge is 0.494 e. The first kappa shape index (κ1) is 23.1. The van der Waals surface area contributed by atoms with E-state index < -0.39 is 0 Å². The van der Waals surface area contributed by atoms with Gasteiger partial charge in [-0.05, 0) is 44.4 Å². The molecule has 4 aromatic rings. The zero-order valence-electron chi connectivity index (χ0n) is 19.8. The van der Waals surface area contributed by atoms with Crippen LogP contribution in [0.15, 0.2) is 61.1 Å². The molecule has 0 aliphatic heterocycles. The Morgan fingerprint density at radius 2 is 1.91 bits per heavy atom. The number of imidazole rings is 1. The van der Waals surface area contributed by atoms with Gasteiger partial charge in [0.15, 0.2) is 0 Å². The minimum absolute atomic E-state index is 0.644. The highest BCUT2D eigenvalue weighted by Gasteiger charge is 2.15. The third-order valence-electron chi connectivity index (χ3n) is 5.56. The summed E-state index contributed by atoms with van der Waals surface area (Å²) in [5.74, 6) is 1.29. The van der Waals surface area contributed by atoms with Gasteiger partial charge < -0.3 is 25.2 Å². The summed E-state index contributed by atoms with van der Waals surface area (Å²) in [5, 5.41) is 6.15. The normalized spacial score (nSPS) is 11.0. The molecule has 0 atom stereocenters. The van der Waals surface area contributed by atoms with Gasteiger partial charge in [0.25, 0.3) is 0 Å². The van der Waals surface area contributed by atoms with Gasteiger partial charge in [-0.15, -0.1) is 0 Å². The molecule has 0 unspecified atom stereocenters. The van der Waals surface area contributed by atoms with Gasteiger partial charge in [-0.25, -0.2) is 9.97 Å². The second-order valence-electron chi connectivity index (χ2n) is 8.18. The van der Waals surface area contributed by atoms with Crippen molar-refractivity contribution in [2.45, 2.75) is 0 Å². The van der Waals surface area contributed by atoms with E-state index >= 15 is 0 Å². The lowest BCUT2D eigenvalue weighted by molar-refractivity contribution is -0.105. The number of carbonyl (C=O) groups excluding carboxylic acids is 1. The summed E-state index contributed by atoms with van der Waals surface area (Å²) >= 11 is 0. The molecule has 0 spiro atoms.